The van der Waals surface area contributed by atoms with Crippen molar-refractivity contribution in [1.82, 2.24) is 0 Å². The first-order chi connectivity index (χ1) is 12.8. The van der Waals surface area contributed by atoms with Gasteiger partial charge < -0.3 is 5.11 Å². The summed E-state index contributed by atoms with van der Waals surface area (Å²) in [6.07, 6.45) is 0. The maximum atomic E-state index is 13.5. The van der Waals surface area contributed by atoms with Gasteiger partial charge in [-0.05, 0) is 48.7 Å². The van der Waals surface area contributed by atoms with Crippen LogP contribution < -0.4 is 4.90 Å². The average molecular weight is 406 g/mol. The van der Waals surface area contributed by atoms with Gasteiger partial charge in [0.25, 0.3) is 11.8 Å². The molecule has 2 aromatic carbocycles. The van der Waals surface area contributed by atoms with Crippen molar-refractivity contribution in [1.29, 1.82) is 0 Å². The lowest BCUT2D eigenvalue weighted by molar-refractivity contribution is -0.119. The monoisotopic (exact) mass is 405 g/mol. The van der Waals surface area contributed by atoms with Crippen LogP contribution in [0.15, 0.2) is 41.3 Å². The fourth-order valence-corrected chi connectivity index (χ4v) is 3.84. The van der Waals surface area contributed by atoms with Gasteiger partial charge in [-0.3, -0.25) is 9.59 Å². The molecule has 0 aliphatic carbocycles. The number of hydrogen-bond donors (Lipinski definition) is 1. The number of carbonyl (C=O) groups excluding carboxylic acids is 2. The van der Waals surface area contributed by atoms with E-state index in [0.29, 0.717) is 5.56 Å². The number of thioether (sulfide) groups is 1. The van der Waals surface area contributed by atoms with Crippen LogP contribution in [0.3, 0.4) is 0 Å². The van der Waals surface area contributed by atoms with Crippen LogP contribution in [-0.2, 0) is 9.59 Å². The van der Waals surface area contributed by atoms with Crippen molar-refractivity contribution in [2.24, 2.45) is 0 Å². The molecule has 7 heteroatoms. The molecule has 4 nitrogen and oxygen atoms in total. The average Bonchev–Trinajstić information content (AvgIpc) is 2.88. The summed E-state index contributed by atoms with van der Waals surface area (Å²) >= 11 is 6.95. The second kappa shape index (κ2) is 7.84. The summed E-state index contributed by atoms with van der Waals surface area (Å²) < 4.78 is 13.5. The number of nitrogens with zero attached hydrogens (tertiary/aromatic N) is 1. The van der Waals surface area contributed by atoms with Gasteiger partial charge in [0.2, 0.25) is 0 Å². The SMILES string of the molecule is Cc1ccc(C2=C(SCCO)C(=O)N(c3ccc(F)c(Cl)c3)C2=O)cc1C. The van der Waals surface area contributed by atoms with Crippen LogP contribution in [0.25, 0.3) is 5.57 Å². The third kappa shape index (κ3) is 3.65. The van der Waals surface area contributed by atoms with Crippen LogP contribution in [0.2, 0.25) is 5.02 Å². The van der Waals surface area contributed by atoms with Crippen molar-refractivity contribution in [3.8, 4) is 0 Å². The highest BCUT2D eigenvalue weighted by atomic mass is 35.5. The lowest BCUT2D eigenvalue weighted by Crippen LogP contribution is -2.31. The van der Waals surface area contributed by atoms with E-state index in [2.05, 4.69) is 0 Å². The number of amides is 2. The minimum Gasteiger partial charge on any atom is -0.396 e. The van der Waals surface area contributed by atoms with Gasteiger partial charge >= 0.3 is 0 Å². The minimum atomic E-state index is -0.628. The van der Waals surface area contributed by atoms with Crippen LogP contribution in [-0.4, -0.2) is 29.3 Å². The largest absolute Gasteiger partial charge is 0.396 e. The van der Waals surface area contributed by atoms with Gasteiger partial charge in [-0.1, -0.05) is 29.8 Å². The maximum absolute atomic E-state index is 13.5. The second-order valence-electron chi connectivity index (χ2n) is 6.12. The summed E-state index contributed by atoms with van der Waals surface area (Å²) in [5.74, 6) is -1.35. The van der Waals surface area contributed by atoms with Gasteiger partial charge in [-0.2, -0.15) is 0 Å². The number of anilines is 1. The van der Waals surface area contributed by atoms with Crippen LogP contribution in [0.4, 0.5) is 10.1 Å². The zero-order valence-electron chi connectivity index (χ0n) is 14.8. The Hall–Kier alpha value is -2.15. The Morgan fingerprint density at radius 1 is 1.07 bits per heavy atom. The fourth-order valence-electron chi connectivity index (χ4n) is 2.80. The molecule has 0 bridgehead atoms. The summed E-state index contributed by atoms with van der Waals surface area (Å²) in [6, 6.07) is 9.26. The van der Waals surface area contributed by atoms with E-state index in [0.717, 1.165) is 33.9 Å². The highest BCUT2D eigenvalue weighted by Crippen LogP contribution is 2.39. The molecule has 0 spiro atoms. The molecule has 0 radical (unpaired) electrons. The number of halogens is 2. The quantitative estimate of drug-likeness (QED) is 0.761. The van der Waals surface area contributed by atoms with Crippen LogP contribution in [0.5, 0.6) is 0 Å². The summed E-state index contributed by atoms with van der Waals surface area (Å²) in [5.41, 5.74) is 3.19. The molecule has 0 fully saturated rings. The molecular weight excluding hydrogens is 389 g/mol. The molecule has 1 aliphatic rings. The van der Waals surface area contributed by atoms with Gasteiger partial charge in [-0.25, -0.2) is 9.29 Å². The molecule has 0 atom stereocenters. The van der Waals surface area contributed by atoms with E-state index in [1.807, 2.05) is 26.0 Å². The number of imide groups is 1. The van der Waals surface area contributed by atoms with E-state index >= 15 is 0 Å². The minimum absolute atomic E-state index is 0.127. The molecule has 27 heavy (non-hydrogen) atoms. The van der Waals surface area contributed by atoms with Gasteiger partial charge in [0.15, 0.2) is 0 Å². The van der Waals surface area contributed by atoms with E-state index in [4.69, 9.17) is 16.7 Å². The van der Waals surface area contributed by atoms with E-state index in [9.17, 15) is 14.0 Å². The Morgan fingerprint density at radius 2 is 1.81 bits per heavy atom. The zero-order chi connectivity index (χ0) is 19.7. The van der Waals surface area contributed by atoms with Crippen molar-refractivity contribution in [2.75, 3.05) is 17.3 Å². The Kier molecular flexibility index (Phi) is 5.69. The third-order valence-corrected chi connectivity index (χ3v) is 5.68. The number of rotatable bonds is 5. The number of hydrogen-bond acceptors (Lipinski definition) is 4. The Bertz CT molecular complexity index is 974. The summed E-state index contributed by atoms with van der Waals surface area (Å²) in [7, 11) is 0. The first kappa shape index (κ1) is 19.6. The predicted octanol–water partition coefficient (Wildman–Crippen LogP) is 4.11. The molecule has 1 N–H and O–H groups in total. The van der Waals surface area contributed by atoms with Gasteiger partial charge in [-0.15, -0.1) is 11.8 Å². The van der Waals surface area contributed by atoms with E-state index in [-0.39, 0.29) is 33.5 Å². The van der Waals surface area contributed by atoms with Gasteiger partial charge in [0.1, 0.15) is 5.82 Å². The van der Waals surface area contributed by atoms with Crippen molar-refractivity contribution < 1.29 is 19.1 Å². The second-order valence-corrected chi connectivity index (χ2v) is 7.63. The molecule has 3 rings (SSSR count). The highest BCUT2D eigenvalue weighted by molar-refractivity contribution is 8.04. The van der Waals surface area contributed by atoms with Crippen molar-refractivity contribution in [3.63, 3.8) is 0 Å². The van der Waals surface area contributed by atoms with Crippen LogP contribution in [0.1, 0.15) is 16.7 Å². The number of carbonyl (C=O) groups is 2. The normalized spacial score (nSPS) is 14.5. The number of aliphatic hydroxyl groups is 1. The smallest absolute Gasteiger partial charge is 0.272 e. The first-order valence-corrected chi connectivity index (χ1v) is 9.61. The van der Waals surface area contributed by atoms with Crippen molar-refractivity contribution >= 4 is 46.4 Å². The molecular formula is C20H17ClFNO3S. The Balaban J connectivity index is 2.10. The van der Waals surface area contributed by atoms with E-state index in [1.54, 1.807) is 6.07 Å². The molecule has 1 heterocycles. The fraction of sp³-hybridized carbons (Fsp3) is 0.200. The molecule has 0 saturated heterocycles. The molecule has 2 aromatic rings. The standard InChI is InChI=1S/C20H17ClFNO3S/c1-11-3-4-13(9-12(11)2)17-18(27-8-7-24)20(26)23(19(17)25)14-5-6-16(22)15(21)10-14/h3-6,9-10,24H,7-8H2,1-2H3. The molecule has 1 aliphatic heterocycles. The zero-order valence-corrected chi connectivity index (χ0v) is 16.3. The predicted molar refractivity (Wildman–Crippen MR) is 106 cm³/mol. The maximum Gasteiger partial charge on any atom is 0.272 e. The van der Waals surface area contributed by atoms with Crippen molar-refractivity contribution in [3.05, 3.63) is 68.8 Å². The van der Waals surface area contributed by atoms with E-state index < -0.39 is 17.6 Å². The summed E-state index contributed by atoms with van der Waals surface area (Å²) in [4.78, 5) is 27.3. The number of aryl methyl sites for hydroxylation is 2. The number of aliphatic hydroxyl groups excluding tert-OH is 1. The lowest BCUT2D eigenvalue weighted by Gasteiger charge is -2.15. The van der Waals surface area contributed by atoms with Crippen LogP contribution >= 0.6 is 23.4 Å². The number of benzene rings is 2. The Morgan fingerprint density at radius 3 is 2.44 bits per heavy atom. The van der Waals surface area contributed by atoms with Crippen LogP contribution in [0, 0.1) is 19.7 Å². The molecule has 2 amide bonds. The molecule has 0 aromatic heterocycles. The van der Waals surface area contributed by atoms with E-state index in [1.165, 1.54) is 12.1 Å². The van der Waals surface area contributed by atoms with Crippen molar-refractivity contribution in [2.45, 2.75) is 13.8 Å². The molecule has 0 unspecified atom stereocenters. The van der Waals surface area contributed by atoms with Gasteiger partial charge in [0, 0.05) is 5.75 Å². The first-order valence-electron chi connectivity index (χ1n) is 8.24. The Labute approximate surface area is 165 Å². The third-order valence-electron chi connectivity index (χ3n) is 4.34. The molecule has 0 saturated carbocycles. The topological polar surface area (TPSA) is 57.6 Å². The highest BCUT2D eigenvalue weighted by Gasteiger charge is 2.40. The van der Waals surface area contributed by atoms with Gasteiger partial charge in [0.05, 0.1) is 27.8 Å². The summed E-state index contributed by atoms with van der Waals surface area (Å²) in [5, 5.41) is 8.98. The lowest BCUT2D eigenvalue weighted by atomic mass is 10.0. The molecule has 140 valence electrons. The summed E-state index contributed by atoms with van der Waals surface area (Å²) in [6.45, 7) is 3.76.